The Morgan fingerprint density at radius 3 is 2.94 bits per heavy atom. The minimum Gasteiger partial charge on any atom is -0.305 e. The molecule has 0 bridgehead atoms. The Labute approximate surface area is 108 Å². The Morgan fingerprint density at radius 1 is 1.44 bits per heavy atom. The number of anilines is 1. The van der Waals surface area contributed by atoms with Crippen LogP contribution in [0.25, 0.3) is 0 Å². The molecule has 0 saturated heterocycles. The van der Waals surface area contributed by atoms with Crippen LogP contribution in [0.4, 0.5) is 10.5 Å². The lowest BCUT2D eigenvalue weighted by molar-refractivity contribution is 0.245. The van der Waals surface area contributed by atoms with E-state index in [9.17, 15) is 4.79 Å². The first-order chi connectivity index (χ1) is 7.66. The van der Waals surface area contributed by atoms with Gasteiger partial charge in [0, 0.05) is 17.0 Å². The van der Waals surface area contributed by atoms with Gasteiger partial charge in [0.1, 0.15) is 0 Å². The van der Waals surface area contributed by atoms with Gasteiger partial charge < -0.3 is 5.32 Å². The van der Waals surface area contributed by atoms with E-state index in [0.29, 0.717) is 15.7 Å². The molecule has 0 unspecified atom stereocenters. The third-order valence-electron chi connectivity index (χ3n) is 1.92. The maximum Gasteiger partial charge on any atom is 0.336 e. The van der Waals surface area contributed by atoms with E-state index in [1.165, 1.54) is 16.3 Å². The predicted octanol–water partition coefficient (Wildman–Crippen LogP) is 4.00. The van der Waals surface area contributed by atoms with Gasteiger partial charge in [-0.3, -0.25) is 0 Å². The van der Waals surface area contributed by atoms with Crippen molar-refractivity contribution < 1.29 is 4.79 Å². The van der Waals surface area contributed by atoms with Crippen molar-refractivity contribution in [2.75, 3.05) is 11.1 Å². The van der Waals surface area contributed by atoms with Crippen molar-refractivity contribution in [2.24, 2.45) is 0 Å². The monoisotopic (exact) mass is 274 g/mol. The summed E-state index contributed by atoms with van der Waals surface area (Å²) in [6.07, 6.45) is 3.63. The second-order valence-corrected chi connectivity index (χ2v) is 4.89. The van der Waals surface area contributed by atoms with Crippen molar-refractivity contribution in [3.63, 3.8) is 0 Å². The molecule has 3 nitrogen and oxygen atoms in total. The smallest absolute Gasteiger partial charge is 0.305 e. The Hall–Kier alpha value is -0.840. The molecule has 1 aliphatic rings. The van der Waals surface area contributed by atoms with Gasteiger partial charge in [-0.05, 0) is 30.1 Å². The molecule has 0 aromatic heterocycles. The standard InChI is InChI=1S/C10H8Cl2N2OS/c11-7-2-3-8(12)9(6-7)13-10(15)14-4-1-5-16-14/h1-4,6H,5H2,(H,13,15). The van der Waals surface area contributed by atoms with Crippen LogP contribution in [0.15, 0.2) is 30.5 Å². The van der Waals surface area contributed by atoms with Crippen molar-refractivity contribution >= 4 is 46.9 Å². The van der Waals surface area contributed by atoms with Gasteiger partial charge in [-0.15, -0.1) is 0 Å². The zero-order valence-electron chi connectivity index (χ0n) is 8.11. The fraction of sp³-hybridized carbons (Fsp3) is 0.100. The van der Waals surface area contributed by atoms with E-state index in [1.807, 2.05) is 6.08 Å². The number of carbonyl (C=O) groups excluding carboxylic acids is 1. The van der Waals surface area contributed by atoms with Gasteiger partial charge in [0.2, 0.25) is 0 Å². The number of benzene rings is 1. The van der Waals surface area contributed by atoms with Crippen LogP contribution in [0.3, 0.4) is 0 Å². The number of hydrogen-bond acceptors (Lipinski definition) is 2. The molecule has 0 aliphatic carbocycles. The number of rotatable bonds is 1. The van der Waals surface area contributed by atoms with Gasteiger partial charge in [-0.2, -0.15) is 0 Å². The minimum absolute atomic E-state index is 0.233. The van der Waals surface area contributed by atoms with Gasteiger partial charge in [-0.25, -0.2) is 9.10 Å². The molecule has 1 aromatic rings. The minimum atomic E-state index is -0.233. The second-order valence-electron chi connectivity index (χ2n) is 3.06. The van der Waals surface area contributed by atoms with Crippen LogP contribution in [-0.4, -0.2) is 16.1 Å². The Balaban J connectivity index is 2.11. The summed E-state index contributed by atoms with van der Waals surface area (Å²) in [6.45, 7) is 0. The average Bonchev–Trinajstić information content (AvgIpc) is 2.76. The number of nitrogens with zero attached hydrogens (tertiary/aromatic N) is 1. The largest absolute Gasteiger partial charge is 0.336 e. The average molecular weight is 275 g/mol. The molecule has 0 atom stereocenters. The van der Waals surface area contributed by atoms with Crippen LogP contribution in [0.5, 0.6) is 0 Å². The third-order valence-corrected chi connectivity index (χ3v) is 3.39. The molecule has 84 valence electrons. The molecule has 0 saturated carbocycles. The molecule has 2 rings (SSSR count). The third kappa shape index (κ3) is 2.64. The number of amides is 2. The first kappa shape index (κ1) is 11.6. The zero-order chi connectivity index (χ0) is 11.5. The summed E-state index contributed by atoms with van der Waals surface area (Å²) >= 11 is 13.2. The maximum atomic E-state index is 11.7. The zero-order valence-corrected chi connectivity index (χ0v) is 10.4. The number of carbonyl (C=O) groups is 1. The molecule has 0 fully saturated rings. The summed E-state index contributed by atoms with van der Waals surface area (Å²) in [5.74, 6) is 0.802. The molecular weight excluding hydrogens is 267 g/mol. The van der Waals surface area contributed by atoms with Crippen molar-refractivity contribution in [2.45, 2.75) is 0 Å². The molecule has 0 radical (unpaired) electrons. The first-order valence-corrected chi connectivity index (χ1v) is 6.21. The van der Waals surface area contributed by atoms with E-state index in [2.05, 4.69) is 5.32 Å². The summed E-state index contributed by atoms with van der Waals surface area (Å²) in [7, 11) is 0. The van der Waals surface area contributed by atoms with Crippen LogP contribution in [0.1, 0.15) is 0 Å². The van der Waals surface area contributed by atoms with Gasteiger partial charge in [0.25, 0.3) is 0 Å². The van der Waals surface area contributed by atoms with Crippen LogP contribution >= 0.6 is 35.1 Å². The summed E-state index contributed by atoms with van der Waals surface area (Å²) in [6, 6.07) is 4.70. The van der Waals surface area contributed by atoms with E-state index < -0.39 is 0 Å². The fourth-order valence-corrected chi connectivity index (χ4v) is 2.20. The Bertz CT molecular complexity index is 450. The lowest BCUT2D eigenvalue weighted by Crippen LogP contribution is -2.23. The second kappa shape index (κ2) is 4.99. The normalized spacial score (nSPS) is 14.2. The van der Waals surface area contributed by atoms with E-state index in [-0.39, 0.29) is 6.03 Å². The van der Waals surface area contributed by atoms with Gasteiger partial charge >= 0.3 is 6.03 Å². The summed E-state index contributed by atoms with van der Waals surface area (Å²) < 4.78 is 1.51. The number of hydrogen-bond donors (Lipinski definition) is 1. The highest BCUT2D eigenvalue weighted by atomic mass is 35.5. The Morgan fingerprint density at radius 2 is 2.25 bits per heavy atom. The molecule has 0 spiro atoms. The quantitative estimate of drug-likeness (QED) is 0.785. The highest BCUT2D eigenvalue weighted by Crippen LogP contribution is 2.27. The van der Waals surface area contributed by atoms with Gasteiger partial charge in [-0.1, -0.05) is 29.3 Å². The maximum absolute atomic E-state index is 11.7. The van der Waals surface area contributed by atoms with E-state index in [0.717, 1.165) is 5.75 Å². The molecule has 1 aliphatic heterocycles. The molecular formula is C10H8Cl2N2OS. The van der Waals surface area contributed by atoms with Crippen molar-refractivity contribution in [3.05, 3.63) is 40.5 Å². The Kier molecular flexibility index (Phi) is 3.63. The van der Waals surface area contributed by atoms with Crippen LogP contribution in [-0.2, 0) is 0 Å². The van der Waals surface area contributed by atoms with Crippen LogP contribution < -0.4 is 5.32 Å². The predicted molar refractivity (Wildman–Crippen MR) is 68.9 cm³/mol. The summed E-state index contributed by atoms with van der Waals surface area (Å²) in [5, 5.41) is 3.69. The topological polar surface area (TPSA) is 32.3 Å². The lowest BCUT2D eigenvalue weighted by Gasteiger charge is -2.14. The summed E-state index contributed by atoms with van der Waals surface area (Å²) in [4.78, 5) is 11.7. The number of urea groups is 1. The highest BCUT2D eigenvalue weighted by molar-refractivity contribution is 7.98. The lowest BCUT2D eigenvalue weighted by atomic mass is 10.3. The molecule has 6 heteroatoms. The fourth-order valence-electron chi connectivity index (χ4n) is 1.20. The van der Waals surface area contributed by atoms with Gasteiger partial charge in [0.05, 0.1) is 10.7 Å². The molecule has 1 heterocycles. The SMILES string of the molecule is O=C(Nc1cc(Cl)ccc1Cl)N1C=CCS1. The van der Waals surface area contributed by atoms with Crippen LogP contribution in [0.2, 0.25) is 10.0 Å². The van der Waals surface area contributed by atoms with Crippen molar-refractivity contribution in [1.29, 1.82) is 0 Å². The van der Waals surface area contributed by atoms with Crippen molar-refractivity contribution in [1.82, 2.24) is 4.31 Å². The number of nitrogens with one attached hydrogen (secondary N) is 1. The van der Waals surface area contributed by atoms with E-state index in [1.54, 1.807) is 24.4 Å². The molecule has 1 N–H and O–H groups in total. The number of halogens is 2. The van der Waals surface area contributed by atoms with Crippen molar-refractivity contribution in [3.8, 4) is 0 Å². The van der Waals surface area contributed by atoms with Crippen LogP contribution in [0, 0.1) is 0 Å². The van der Waals surface area contributed by atoms with Gasteiger partial charge in [0.15, 0.2) is 0 Å². The molecule has 2 amide bonds. The van der Waals surface area contributed by atoms with E-state index in [4.69, 9.17) is 23.2 Å². The summed E-state index contributed by atoms with van der Waals surface area (Å²) in [5.41, 5.74) is 0.514. The molecule has 1 aromatic carbocycles. The van der Waals surface area contributed by atoms with E-state index >= 15 is 0 Å². The highest BCUT2D eigenvalue weighted by Gasteiger charge is 2.15. The molecule has 16 heavy (non-hydrogen) atoms. The first-order valence-electron chi connectivity index (χ1n) is 4.51.